The van der Waals surface area contributed by atoms with Crippen LogP contribution in [-0.4, -0.2) is 14.5 Å². The number of hydrogen-bond donors (Lipinski definition) is 1. The highest BCUT2D eigenvalue weighted by Crippen LogP contribution is 2.35. The van der Waals surface area contributed by atoms with Gasteiger partial charge in [-0.25, -0.2) is 0 Å². The Morgan fingerprint density at radius 3 is 3.00 bits per heavy atom. The Kier molecular flexibility index (Phi) is 2.74. The monoisotopic (exact) mass is 247 g/mol. The van der Waals surface area contributed by atoms with Crippen LogP contribution in [0.1, 0.15) is 38.6 Å². The Balaban J connectivity index is 2.09. The van der Waals surface area contributed by atoms with Gasteiger partial charge in [0.15, 0.2) is 4.77 Å². The standard InChI is InChI=1S/C13H17N3S/c1-9(10-4-2-3-5-10)16-12-6-7-14-8-11(12)15-13(16)17/h6-10H,2-5H2,1H3,(H,15,17). The summed E-state index contributed by atoms with van der Waals surface area (Å²) in [6.45, 7) is 2.29. The molecule has 2 aromatic heterocycles. The second-order valence-electron chi connectivity index (χ2n) is 4.98. The van der Waals surface area contributed by atoms with Crippen molar-refractivity contribution in [2.75, 3.05) is 0 Å². The molecule has 1 aliphatic carbocycles. The van der Waals surface area contributed by atoms with Crippen LogP contribution in [0.25, 0.3) is 11.0 Å². The molecule has 1 saturated carbocycles. The summed E-state index contributed by atoms with van der Waals surface area (Å²) in [4.78, 5) is 7.38. The first-order chi connectivity index (χ1) is 8.27. The first-order valence-electron chi connectivity index (χ1n) is 6.31. The van der Waals surface area contributed by atoms with Gasteiger partial charge in [-0.05, 0) is 44.0 Å². The van der Waals surface area contributed by atoms with Gasteiger partial charge < -0.3 is 9.55 Å². The first kappa shape index (κ1) is 11.0. The molecule has 3 rings (SSSR count). The average molecular weight is 247 g/mol. The molecule has 4 heteroatoms. The predicted molar refractivity (Wildman–Crippen MR) is 71.6 cm³/mol. The first-order valence-corrected chi connectivity index (χ1v) is 6.72. The lowest BCUT2D eigenvalue weighted by Gasteiger charge is -2.21. The second kappa shape index (κ2) is 4.26. The molecule has 1 N–H and O–H groups in total. The summed E-state index contributed by atoms with van der Waals surface area (Å²) in [7, 11) is 0. The zero-order chi connectivity index (χ0) is 11.8. The fourth-order valence-electron chi connectivity index (χ4n) is 3.03. The summed E-state index contributed by atoms with van der Waals surface area (Å²) in [5.74, 6) is 0.772. The molecular weight excluding hydrogens is 230 g/mol. The van der Waals surface area contributed by atoms with E-state index in [1.54, 1.807) is 0 Å². The molecule has 1 fully saturated rings. The maximum absolute atomic E-state index is 5.44. The van der Waals surface area contributed by atoms with E-state index in [4.69, 9.17) is 12.2 Å². The van der Waals surface area contributed by atoms with Gasteiger partial charge >= 0.3 is 0 Å². The van der Waals surface area contributed by atoms with Crippen LogP contribution in [0.4, 0.5) is 0 Å². The van der Waals surface area contributed by atoms with Crippen molar-refractivity contribution in [2.45, 2.75) is 38.6 Å². The highest BCUT2D eigenvalue weighted by atomic mass is 32.1. The molecule has 1 aliphatic rings. The minimum Gasteiger partial charge on any atom is -0.329 e. The van der Waals surface area contributed by atoms with E-state index in [1.807, 2.05) is 18.5 Å². The van der Waals surface area contributed by atoms with E-state index in [0.717, 1.165) is 16.2 Å². The zero-order valence-electron chi connectivity index (χ0n) is 10.0. The lowest BCUT2D eigenvalue weighted by Crippen LogP contribution is -2.14. The van der Waals surface area contributed by atoms with Gasteiger partial charge in [-0.2, -0.15) is 0 Å². The summed E-state index contributed by atoms with van der Waals surface area (Å²) in [5, 5.41) is 0. The fourth-order valence-corrected chi connectivity index (χ4v) is 3.41. The third-order valence-corrected chi connectivity index (χ3v) is 4.31. The number of hydrogen-bond acceptors (Lipinski definition) is 2. The van der Waals surface area contributed by atoms with Gasteiger partial charge in [-0.1, -0.05) is 12.8 Å². The van der Waals surface area contributed by atoms with Gasteiger partial charge in [-0.15, -0.1) is 0 Å². The van der Waals surface area contributed by atoms with E-state index >= 15 is 0 Å². The Morgan fingerprint density at radius 2 is 2.24 bits per heavy atom. The molecular formula is C13H17N3S. The lowest BCUT2D eigenvalue weighted by molar-refractivity contribution is 0.365. The number of aromatic nitrogens is 3. The highest BCUT2D eigenvalue weighted by Gasteiger charge is 2.24. The van der Waals surface area contributed by atoms with Crippen LogP contribution < -0.4 is 0 Å². The number of fused-ring (bicyclic) bond motifs is 1. The smallest absolute Gasteiger partial charge is 0.178 e. The van der Waals surface area contributed by atoms with E-state index in [-0.39, 0.29) is 0 Å². The number of imidazole rings is 1. The molecule has 2 heterocycles. The van der Waals surface area contributed by atoms with Crippen LogP contribution in [0.2, 0.25) is 0 Å². The van der Waals surface area contributed by atoms with Crippen LogP contribution in [0.3, 0.4) is 0 Å². The Hall–Kier alpha value is -1.16. The van der Waals surface area contributed by atoms with Gasteiger partial charge in [0.05, 0.1) is 17.2 Å². The van der Waals surface area contributed by atoms with E-state index in [9.17, 15) is 0 Å². The summed E-state index contributed by atoms with van der Waals surface area (Å²) >= 11 is 5.44. The largest absolute Gasteiger partial charge is 0.329 e. The number of nitrogens with one attached hydrogen (secondary N) is 1. The van der Waals surface area contributed by atoms with Crippen molar-refractivity contribution < 1.29 is 0 Å². The lowest BCUT2D eigenvalue weighted by atomic mass is 9.99. The number of pyridine rings is 1. The topological polar surface area (TPSA) is 33.6 Å². The number of H-pyrrole nitrogens is 1. The van der Waals surface area contributed by atoms with Crippen molar-refractivity contribution in [1.82, 2.24) is 14.5 Å². The molecule has 1 atom stereocenters. The van der Waals surface area contributed by atoms with Crippen LogP contribution in [0, 0.1) is 10.7 Å². The van der Waals surface area contributed by atoms with Gasteiger partial charge in [-0.3, -0.25) is 4.98 Å². The minimum absolute atomic E-state index is 0.487. The van der Waals surface area contributed by atoms with Crippen molar-refractivity contribution >= 4 is 23.3 Å². The molecule has 0 amide bonds. The molecule has 0 aliphatic heterocycles. The SMILES string of the molecule is CC(C1CCCC1)n1c(=S)[nH]c2cnccc21. The molecule has 0 radical (unpaired) electrons. The molecule has 0 saturated heterocycles. The third-order valence-electron chi connectivity index (χ3n) is 4.01. The maximum atomic E-state index is 5.44. The fraction of sp³-hybridized carbons (Fsp3) is 0.538. The Bertz CT molecular complexity index is 578. The highest BCUT2D eigenvalue weighted by molar-refractivity contribution is 7.71. The molecule has 90 valence electrons. The molecule has 3 nitrogen and oxygen atoms in total. The summed E-state index contributed by atoms with van der Waals surface area (Å²) in [5.41, 5.74) is 2.23. The van der Waals surface area contributed by atoms with Gasteiger partial charge in [0, 0.05) is 12.2 Å². The maximum Gasteiger partial charge on any atom is 0.178 e. The summed E-state index contributed by atoms with van der Waals surface area (Å²) in [6.07, 6.45) is 9.09. The number of nitrogens with zero attached hydrogens (tertiary/aromatic N) is 2. The van der Waals surface area contributed by atoms with Crippen LogP contribution in [0.15, 0.2) is 18.5 Å². The molecule has 0 aromatic carbocycles. The van der Waals surface area contributed by atoms with Gasteiger partial charge in [0.25, 0.3) is 0 Å². The quantitative estimate of drug-likeness (QED) is 0.818. The number of aromatic amines is 1. The van der Waals surface area contributed by atoms with E-state index < -0.39 is 0 Å². The van der Waals surface area contributed by atoms with Gasteiger partial charge in [0.2, 0.25) is 0 Å². The Morgan fingerprint density at radius 1 is 1.47 bits per heavy atom. The molecule has 17 heavy (non-hydrogen) atoms. The van der Waals surface area contributed by atoms with Crippen molar-refractivity contribution in [2.24, 2.45) is 5.92 Å². The number of rotatable bonds is 2. The van der Waals surface area contributed by atoms with E-state index in [1.165, 1.54) is 31.2 Å². The average Bonchev–Trinajstić information content (AvgIpc) is 2.94. The van der Waals surface area contributed by atoms with Crippen molar-refractivity contribution in [3.63, 3.8) is 0 Å². The zero-order valence-corrected chi connectivity index (χ0v) is 10.8. The van der Waals surface area contributed by atoms with Crippen LogP contribution in [0.5, 0.6) is 0 Å². The normalized spacial score (nSPS) is 18.9. The molecule has 1 unspecified atom stereocenters. The van der Waals surface area contributed by atoms with Crippen LogP contribution >= 0.6 is 12.2 Å². The Labute approximate surface area is 106 Å². The van der Waals surface area contributed by atoms with E-state index in [2.05, 4.69) is 21.5 Å². The summed E-state index contributed by atoms with van der Waals surface area (Å²) < 4.78 is 3.09. The molecule has 0 spiro atoms. The second-order valence-corrected chi connectivity index (χ2v) is 5.36. The predicted octanol–water partition coefficient (Wildman–Crippen LogP) is 3.85. The van der Waals surface area contributed by atoms with Crippen LogP contribution in [-0.2, 0) is 0 Å². The minimum atomic E-state index is 0.487. The van der Waals surface area contributed by atoms with Crippen molar-refractivity contribution in [3.05, 3.63) is 23.2 Å². The van der Waals surface area contributed by atoms with E-state index in [0.29, 0.717) is 6.04 Å². The van der Waals surface area contributed by atoms with Crippen molar-refractivity contribution in [1.29, 1.82) is 0 Å². The van der Waals surface area contributed by atoms with Gasteiger partial charge in [0.1, 0.15) is 0 Å². The molecule has 2 aromatic rings. The van der Waals surface area contributed by atoms with Crippen molar-refractivity contribution in [3.8, 4) is 0 Å². The third kappa shape index (κ3) is 1.80. The molecule has 0 bridgehead atoms. The summed E-state index contributed by atoms with van der Waals surface area (Å²) in [6, 6.07) is 2.54.